The number of ether oxygens (including phenoxy) is 3. The lowest BCUT2D eigenvalue weighted by molar-refractivity contribution is -0.302. The molecule has 7 unspecified atom stereocenters. The van der Waals surface area contributed by atoms with Crippen molar-refractivity contribution in [1.82, 2.24) is 5.32 Å². The SMILES string of the molecule is CC/C=C/CC/C=C/CC/C=C/C(O)C(COC1OC(CO)C(O)C(O)C1O)NC(=O)CCCCCCCCCCCCCCCCCCC/C=C\C/C=C\CCCCCCCCCCCCCOC(=O)CCCCCCC/C=C\CCCC. The molecule has 0 saturated carbocycles. The smallest absolute Gasteiger partial charge is 0.305 e. The fourth-order valence-corrected chi connectivity index (χ4v) is 10.7. The van der Waals surface area contributed by atoms with Gasteiger partial charge in [0.1, 0.15) is 24.4 Å². The molecule has 1 rings (SSSR count). The van der Waals surface area contributed by atoms with Gasteiger partial charge in [0.2, 0.25) is 5.91 Å². The average molecular weight is 1180 g/mol. The van der Waals surface area contributed by atoms with E-state index in [2.05, 4.69) is 79.9 Å². The quantitative estimate of drug-likeness (QED) is 0.0195. The molecule has 488 valence electrons. The van der Waals surface area contributed by atoms with Crippen LogP contribution in [0.25, 0.3) is 0 Å². The molecule has 0 aromatic carbocycles. The van der Waals surface area contributed by atoms with Crippen LogP contribution in [0.5, 0.6) is 0 Å². The van der Waals surface area contributed by atoms with Crippen molar-refractivity contribution in [3.8, 4) is 0 Å². The summed E-state index contributed by atoms with van der Waals surface area (Å²) in [5.41, 5.74) is 0. The first-order valence-electron chi connectivity index (χ1n) is 35.2. The van der Waals surface area contributed by atoms with Crippen LogP contribution in [0.1, 0.15) is 316 Å². The molecule has 1 heterocycles. The van der Waals surface area contributed by atoms with E-state index < -0.39 is 49.5 Å². The van der Waals surface area contributed by atoms with Gasteiger partial charge in [-0.1, -0.05) is 273 Å². The molecule has 6 N–H and O–H groups in total. The number of aliphatic hydroxyl groups is 5. The van der Waals surface area contributed by atoms with Crippen molar-refractivity contribution in [3.05, 3.63) is 72.9 Å². The minimum absolute atomic E-state index is 0.00194. The maximum Gasteiger partial charge on any atom is 0.305 e. The molecular weight excluding hydrogens is 1050 g/mol. The number of hydrogen-bond donors (Lipinski definition) is 6. The van der Waals surface area contributed by atoms with Crippen LogP contribution in [0, 0.1) is 0 Å². The van der Waals surface area contributed by atoms with Crippen LogP contribution in [0.2, 0.25) is 0 Å². The van der Waals surface area contributed by atoms with E-state index in [1.165, 1.54) is 212 Å². The van der Waals surface area contributed by atoms with Gasteiger partial charge in [0, 0.05) is 12.8 Å². The van der Waals surface area contributed by atoms with E-state index >= 15 is 0 Å². The third-order valence-electron chi connectivity index (χ3n) is 16.3. The number of rotatable bonds is 61. The lowest BCUT2D eigenvalue weighted by atomic mass is 9.99. The fourth-order valence-electron chi connectivity index (χ4n) is 10.7. The Hall–Kier alpha value is -2.90. The lowest BCUT2D eigenvalue weighted by Crippen LogP contribution is -2.60. The second-order valence-corrected chi connectivity index (χ2v) is 24.2. The molecule has 1 fully saturated rings. The van der Waals surface area contributed by atoms with Gasteiger partial charge in [-0.3, -0.25) is 9.59 Å². The van der Waals surface area contributed by atoms with Crippen molar-refractivity contribution in [3.63, 3.8) is 0 Å². The summed E-state index contributed by atoms with van der Waals surface area (Å²) in [6.45, 7) is 4.18. The number of carbonyl (C=O) groups excluding carboxylic acids is 2. The monoisotopic (exact) mass is 1180 g/mol. The topological polar surface area (TPSA) is 175 Å². The Morgan fingerprint density at radius 2 is 0.845 bits per heavy atom. The molecule has 0 radical (unpaired) electrons. The molecule has 0 spiro atoms. The minimum atomic E-state index is -1.58. The molecule has 0 aromatic rings. The predicted octanol–water partition coefficient (Wildman–Crippen LogP) is 17.9. The number of aliphatic hydroxyl groups excluding tert-OH is 5. The third kappa shape index (κ3) is 50.1. The van der Waals surface area contributed by atoms with Crippen LogP contribution < -0.4 is 5.32 Å². The Kier molecular flexibility index (Phi) is 58.1. The lowest BCUT2D eigenvalue weighted by Gasteiger charge is -2.40. The number of allylic oxidation sites excluding steroid dienone is 11. The van der Waals surface area contributed by atoms with Crippen LogP contribution in [-0.4, -0.2) is 100 Å². The molecule has 1 aliphatic rings. The van der Waals surface area contributed by atoms with Crippen LogP contribution in [-0.2, 0) is 23.8 Å². The Morgan fingerprint density at radius 1 is 0.452 bits per heavy atom. The number of hydrogen-bond acceptors (Lipinski definition) is 10. The first-order chi connectivity index (χ1) is 41.2. The van der Waals surface area contributed by atoms with Gasteiger partial charge in [0.25, 0.3) is 0 Å². The van der Waals surface area contributed by atoms with E-state index in [4.69, 9.17) is 14.2 Å². The maximum atomic E-state index is 13.0. The van der Waals surface area contributed by atoms with E-state index in [-0.39, 0.29) is 18.5 Å². The molecule has 11 heteroatoms. The van der Waals surface area contributed by atoms with E-state index in [0.29, 0.717) is 19.4 Å². The summed E-state index contributed by atoms with van der Waals surface area (Å²) in [5, 5.41) is 54.3. The van der Waals surface area contributed by atoms with Crippen molar-refractivity contribution in [1.29, 1.82) is 0 Å². The van der Waals surface area contributed by atoms with Crippen LogP contribution in [0.4, 0.5) is 0 Å². The van der Waals surface area contributed by atoms with Gasteiger partial charge in [-0.25, -0.2) is 0 Å². The van der Waals surface area contributed by atoms with Crippen LogP contribution in [0.3, 0.4) is 0 Å². The van der Waals surface area contributed by atoms with E-state index in [1.807, 2.05) is 6.08 Å². The first kappa shape index (κ1) is 79.1. The second-order valence-electron chi connectivity index (χ2n) is 24.2. The van der Waals surface area contributed by atoms with Crippen LogP contribution >= 0.6 is 0 Å². The zero-order chi connectivity index (χ0) is 60.9. The van der Waals surface area contributed by atoms with Gasteiger partial charge in [-0.05, 0) is 103 Å². The van der Waals surface area contributed by atoms with Crippen LogP contribution in [0.15, 0.2) is 72.9 Å². The summed E-state index contributed by atoms with van der Waals surface area (Å²) in [7, 11) is 0. The largest absolute Gasteiger partial charge is 0.466 e. The van der Waals surface area contributed by atoms with Gasteiger partial charge >= 0.3 is 5.97 Å². The fraction of sp³-hybridized carbons (Fsp3) is 0.808. The highest BCUT2D eigenvalue weighted by Gasteiger charge is 2.44. The number of carbonyl (C=O) groups is 2. The second kappa shape index (κ2) is 61.7. The van der Waals surface area contributed by atoms with Crippen molar-refractivity contribution in [2.75, 3.05) is 19.8 Å². The van der Waals surface area contributed by atoms with Crippen molar-refractivity contribution >= 4 is 11.9 Å². The minimum Gasteiger partial charge on any atom is -0.466 e. The zero-order valence-electron chi connectivity index (χ0n) is 54.1. The summed E-state index contributed by atoms with van der Waals surface area (Å²) >= 11 is 0. The summed E-state index contributed by atoms with van der Waals surface area (Å²) in [4.78, 5) is 25.0. The molecular formula is C73H131NO10. The Balaban J connectivity index is 1.93. The summed E-state index contributed by atoms with van der Waals surface area (Å²) in [5.74, 6) is -0.198. The van der Waals surface area contributed by atoms with Gasteiger partial charge < -0.3 is 45.1 Å². The molecule has 1 amide bonds. The highest BCUT2D eigenvalue weighted by molar-refractivity contribution is 5.76. The predicted molar refractivity (Wildman–Crippen MR) is 352 cm³/mol. The van der Waals surface area contributed by atoms with Gasteiger partial charge in [0.15, 0.2) is 6.29 Å². The molecule has 7 atom stereocenters. The standard InChI is InChI=1S/C73H131NO10/c1-3-5-7-9-11-13-40-45-49-53-57-61-69(78)82-62-58-54-50-46-42-39-37-35-33-31-29-27-25-23-21-19-17-15-16-18-20-22-24-26-28-30-32-34-36-38-41-44-48-52-56-60-68(77)74-65(64-83-73-72(81)71(80)70(79)67(63-75)84-73)66(76)59-55-51-47-43-14-12-10-8-6-4-2/h6,8-9,11,14,17,19,23,25,43,55,59,65-67,70-73,75-76,79-81H,3-5,7,10,12-13,15-16,18,20-22,24,26-42,44-54,56-58,60-64H2,1-2H3,(H,74,77)/b8-6+,11-9-,19-17-,25-23-,43-14+,59-55+. The average Bonchev–Trinajstić information content (AvgIpc) is 3.69. The number of amides is 1. The van der Waals surface area contributed by atoms with Gasteiger partial charge in [-0.2, -0.15) is 0 Å². The summed E-state index contributed by atoms with van der Waals surface area (Å²) in [6, 6.07) is -0.833. The zero-order valence-corrected chi connectivity index (χ0v) is 54.1. The van der Waals surface area contributed by atoms with E-state index in [0.717, 1.165) is 77.0 Å². The van der Waals surface area contributed by atoms with E-state index in [1.54, 1.807) is 6.08 Å². The Morgan fingerprint density at radius 3 is 1.31 bits per heavy atom. The van der Waals surface area contributed by atoms with Crippen molar-refractivity contribution < 1.29 is 49.3 Å². The van der Waals surface area contributed by atoms with Crippen molar-refractivity contribution in [2.45, 2.75) is 358 Å². The number of esters is 1. The highest BCUT2D eigenvalue weighted by atomic mass is 16.7. The molecule has 11 nitrogen and oxygen atoms in total. The summed E-state index contributed by atoms with van der Waals surface area (Å²) < 4.78 is 16.7. The maximum absolute atomic E-state index is 13.0. The molecule has 0 aromatic heterocycles. The van der Waals surface area contributed by atoms with Crippen molar-refractivity contribution in [2.24, 2.45) is 0 Å². The molecule has 1 aliphatic heterocycles. The highest BCUT2D eigenvalue weighted by Crippen LogP contribution is 2.23. The molecule has 0 aliphatic carbocycles. The normalized spacial score (nSPS) is 18.5. The number of nitrogens with one attached hydrogen (secondary N) is 1. The summed E-state index contributed by atoms with van der Waals surface area (Å²) in [6.07, 6.45) is 73.5. The third-order valence-corrected chi connectivity index (χ3v) is 16.3. The first-order valence-corrected chi connectivity index (χ1v) is 35.2. The van der Waals surface area contributed by atoms with E-state index in [9.17, 15) is 35.1 Å². The Bertz CT molecular complexity index is 1630. The molecule has 84 heavy (non-hydrogen) atoms. The Labute approximate surface area is 515 Å². The molecule has 1 saturated heterocycles. The molecule has 0 bridgehead atoms. The number of unbranched alkanes of at least 4 members (excludes halogenated alkanes) is 37. The van der Waals surface area contributed by atoms with Gasteiger partial charge in [0.05, 0.1) is 32.0 Å². The van der Waals surface area contributed by atoms with Gasteiger partial charge in [-0.15, -0.1) is 0 Å².